The summed E-state index contributed by atoms with van der Waals surface area (Å²) in [6.07, 6.45) is -3.20. The van der Waals surface area contributed by atoms with Gasteiger partial charge in [0.05, 0.1) is 23.7 Å². The van der Waals surface area contributed by atoms with Gasteiger partial charge < -0.3 is 10.0 Å². The summed E-state index contributed by atoms with van der Waals surface area (Å²) in [5.41, 5.74) is -0.869. The number of piperidine rings is 1. The normalized spacial score (nSPS) is 16.1. The van der Waals surface area contributed by atoms with Crippen LogP contribution in [0.5, 0.6) is 0 Å². The molecule has 0 aliphatic carbocycles. The van der Waals surface area contributed by atoms with Crippen molar-refractivity contribution in [3.8, 4) is 6.07 Å². The van der Waals surface area contributed by atoms with E-state index >= 15 is 0 Å². The summed E-state index contributed by atoms with van der Waals surface area (Å²) in [6, 6.07) is 5.44. The lowest BCUT2D eigenvalue weighted by atomic mass is 10.0. The van der Waals surface area contributed by atoms with Gasteiger partial charge in [-0.3, -0.25) is 9.69 Å². The maximum atomic E-state index is 13.1. The number of aliphatic carboxylic acids is 1. The van der Waals surface area contributed by atoms with E-state index in [9.17, 15) is 18.0 Å². The average molecular weight is 355 g/mol. The number of carbonyl (C=O) groups is 1. The van der Waals surface area contributed by atoms with Gasteiger partial charge in [0.25, 0.3) is 0 Å². The van der Waals surface area contributed by atoms with Crippen molar-refractivity contribution in [1.29, 1.82) is 5.26 Å². The molecule has 136 valence electrons. The molecule has 1 aliphatic heterocycles. The fraction of sp³-hybridized carbons (Fsp3) is 0.529. The molecule has 1 aromatic carbocycles. The van der Waals surface area contributed by atoms with Crippen LogP contribution in [0.4, 0.5) is 18.9 Å². The van der Waals surface area contributed by atoms with Gasteiger partial charge in [-0.25, -0.2) is 0 Å². The summed E-state index contributed by atoms with van der Waals surface area (Å²) in [6.45, 7) is 3.57. The predicted octanol–water partition coefficient (Wildman–Crippen LogP) is 2.95. The molecule has 1 saturated heterocycles. The number of alkyl halides is 3. The zero-order chi connectivity index (χ0) is 18.6. The van der Waals surface area contributed by atoms with Crippen LogP contribution in [0.1, 0.15) is 30.9 Å². The minimum absolute atomic E-state index is 0.0315. The second kappa shape index (κ2) is 7.74. The molecule has 0 aromatic heterocycles. The zero-order valence-corrected chi connectivity index (χ0v) is 13.9. The maximum absolute atomic E-state index is 13.1. The number of hydrogen-bond acceptors (Lipinski definition) is 4. The number of likely N-dealkylation sites (N-methyl/N-ethyl adjacent to an activating group) is 1. The van der Waals surface area contributed by atoms with Gasteiger partial charge in [0.1, 0.15) is 0 Å². The third kappa shape index (κ3) is 4.63. The van der Waals surface area contributed by atoms with Crippen molar-refractivity contribution in [2.24, 2.45) is 0 Å². The Labute approximate surface area is 144 Å². The summed E-state index contributed by atoms with van der Waals surface area (Å²) in [5.74, 6) is -0.883. The van der Waals surface area contributed by atoms with E-state index < -0.39 is 17.7 Å². The Morgan fingerprint density at radius 3 is 2.52 bits per heavy atom. The van der Waals surface area contributed by atoms with Crippen LogP contribution in [0.2, 0.25) is 0 Å². The molecule has 0 atom stereocenters. The van der Waals surface area contributed by atoms with Crippen molar-refractivity contribution in [3.63, 3.8) is 0 Å². The molecule has 1 aliphatic rings. The van der Waals surface area contributed by atoms with Gasteiger partial charge in [0.2, 0.25) is 0 Å². The predicted molar refractivity (Wildman–Crippen MR) is 86.3 cm³/mol. The number of nitrogens with zero attached hydrogens (tertiary/aromatic N) is 3. The Morgan fingerprint density at radius 1 is 1.40 bits per heavy atom. The Morgan fingerprint density at radius 2 is 2.04 bits per heavy atom. The highest BCUT2D eigenvalue weighted by Gasteiger charge is 2.34. The molecule has 0 unspecified atom stereocenters. The minimum Gasteiger partial charge on any atom is -0.480 e. The molecule has 1 N–H and O–H groups in total. The number of carboxylic acids is 1. The van der Waals surface area contributed by atoms with Crippen LogP contribution in [-0.2, 0) is 11.0 Å². The SMILES string of the molecule is CCN(CC(=O)O)C1CCN(c2ccc(C#N)c(C(F)(F)F)c2)CC1. The fourth-order valence-corrected chi connectivity index (χ4v) is 3.22. The van der Waals surface area contributed by atoms with Crippen molar-refractivity contribution in [2.75, 3.05) is 31.1 Å². The van der Waals surface area contributed by atoms with Gasteiger partial charge in [-0.15, -0.1) is 0 Å². The maximum Gasteiger partial charge on any atom is 0.417 e. The highest BCUT2D eigenvalue weighted by Crippen LogP contribution is 2.35. The average Bonchev–Trinajstić information content (AvgIpc) is 2.58. The molecular weight excluding hydrogens is 335 g/mol. The van der Waals surface area contributed by atoms with E-state index in [1.807, 2.05) is 16.7 Å². The second-order valence-electron chi connectivity index (χ2n) is 6.01. The van der Waals surface area contributed by atoms with Gasteiger partial charge in [-0.1, -0.05) is 6.92 Å². The number of anilines is 1. The first-order chi connectivity index (χ1) is 11.8. The van der Waals surface area contributed by atoms with E-state index in [1.165, 1.54) is 12.1 Å². The molecule has 1 heterocycles. The van der Waals surface area contributed by atoms with Crippen LogP contribution in [0.15, 0.2) is 18.2 Å². The third-order valence-electron chi connectivity index (χ3n) is 4.52. The molecule has 5 nitrogen and oxygen atoms in total. The van der Waals surface area contributed by atoms with Gasteiger partial charge >= 0.3 is 12.1 Å². The highest BCUT2D eigenvalue weighted by molar-refractivity contribution is 5.69. The zero-order valence-electron chi connectivity index (χ0n) is 13.9. The van der Waals surface area contributed by atoms with Gasteiger partial charge in [0, 0.05) is 24.8 Å². The first-order valence-electron chi connectivity index (χ1n) is 8.08. The van der Waals surface area contributed by atoms with Crippen LogP contribution in [-0.4, -0.2) is 48.2 Å². The van der Waals surface area contributed by atoms with E-state index in [-0.39, 0.29) is 18.2 Å². The van der Waals surface area contributed by atoms with Gasteiger partial charge in [-0.2, -0.15) is 18.4 Å². The molecule has 2 rings (SSSR count). The van der Waals surface area contributed by atoms with Crippen LogP contribution >= 0.6 is 0 Å². The third-order valence-corrected chi connectivity index (χ3v) is 4.52. The van der Waals surface area contributed by atoms with Crippen LogP contribution in [0.25, 0.3) is 0 Å². The number of hydrogen-bond donors (Lipinski definition) is 1. The van der Waals surface area contributed by atoms with Gasteiger partial charge in [0.15, 0.2) is 0 Å². The van der Waals surface area contributed by atoms with Crippen molar-refractivity contribution in [3.05, 3.63) is 29.3 Å². The molecule has 1 fully saturated rings. The topological polar surface area (TPSA) is 67.6 Å². The Hall–Kier alpha value is -2.27. The quantitative estimate of drug-likeness (QED) is 0.880. The first kappa shape index (κ1) is 19.1. The highest BCUT2D eigenvalue weighted by atomic mass is 19.4. The molecule has 0 spiro atoms. The Balaban J connectivity index is 2.11. The van der Waals surface area contributed by atoms with E-state index in [0.717, 1.165) is 6.07 Å². The minimum atomic E-state index is -4.57. The largest absolute Gasteiger partial charge is 0.480 e. The van der Waals surface area contributed by atoms with E-state index in [4.69, 9.17) is 10.4 Å². The number of nitriles is 1. The Bertz CT molecular complexity index is 662. The van der Waals surface area contributed by atoms with E-state index in [1.54, 1.807) is 6.07 Å². The summed E-state index contributed by atoms with van der Waals surface area (Å²) >= 11 is 0. The molecule has 0 amide bonds. The van der Waals surface area contributed by atoms with Crippen molar-refractivity contribution >= 4 is 11.7 Å². The number of halogens is 3. The molecule has 0 bridgehead atoms. The number of benzene rings is 1. The molecule has 0 radical (unpaired) electrons. The molecule has 0 saturated carbocycles. The smallest absolute Gasteiger partial charge is 0.417 e. The lowest BCUT2D eigenvalue weighted by Gasteiger charge is -2.38. The van der Waals surface area contributed by atoms with Crippen LogP contribution in [0.3, 0.4) is 0 Å². The molecular formula is C17H20F3N3O2. The van der Waals surface area contributed by atoms with Crippen molar-refractivity contribution in [1.82, 2.24) is 4.90 Å². The second-order valence-corrected chi connectivity index (χ2v) is 6.01. The van der Waals surface area contributed by atoms with Crippen molar-refractivity contribution in [2.45, 2.75) is 32.0 Å². The van der Waals surface area contributed by atoms with Crippen molar-refractivity contribution < 1.29 is 23.1 Å². The number of rotatable bonds is 5. The van der Waals surface area contributed by atoms with Crippen LogP contribution < -0.4 is 4.90 Å². The summed E-state index contributed by atoms with van der Waals surface area (Å²) < 4.78 is 39.3. The monoisotopic (exact) mass is 355 g/mol. The fourth-order valence-electron chi connectivity index (χ4n) is 3.22. The van der Waals surface area contributed by atoms with E-state index in [2.05, 4.69) is 0 Å². The molecule has 8 heteroatoms. The molecule has 25 heavy (non-hydrogen) atoms. The summed E-state index contributed by atoms with van der Waals surface area (Å²) in [4.78, 5) is 14.6. The Kier molecular flexibility index (Phi) is 5.90. The van der Waals surface area contributed by atoms with Crippen LogP contribution in [0, 0.1) is 11.3 Å². The first-order valence-corrected chi connectivity index (χ1v) is 8.08. The molecule has 1 aromatic rings. The standard InChI is InChI=1S/C17H20F3N3O2/c1-2-22(11-16(24)25)13-5-7-23(8-6-13)14-4-3-12(10-21)15(9-14)17(18,19)20/h3-4,9,13H,2,5-8,11H2,1H3,(H,24,25). The van der Waals surface area contributed by atoms with E-state index in [0.29, 0.717) is 38.2 Å². The lowest BCUT2D eigenvalue weighted by Crippen LogP contribution is -2.46. The lowest BCUT2D eigenvalue weighted by molar-refractivity contribution is -0.139. The number of carboxylic acid groups (broad SMARTS) is 1. The summed E-state index contributed by atoms with van der Waals surface area (Å²) in [7, 11) is 0. The van der Waals surface area contributed by atoms with Gasteiger partial charge in [-0.05, 0) is 37.6 Å². The summed E-state index contributed by atoms with van der Waals surface area (Å²) in [5, 5.41) is 17.8.